The standard InChI is InChI=1S/C19H20N2O5/c1-3-12-4-6-13(7-5-12)18(22)20-21-19(23)14-10-15(24-2)17-16(11-14)25-8-9-26-17/h4-7,10-11H,3,8-9H2,1-2H3,(H,20,22)(H,21,23). The van der Waals surface area contributed by atoms with Gasteiger partial charge in [-0.3, -0.25) is 20.4 Å². The lowest BCUT2D eigenvalue weighted by molar-refractivity contribution is 0.0846. The Hall–Kier alpha value is -3.22. The van der Waals surface area contributed by atoms with E-state index in [4.69, 9.17) is 14.2 Å². The van der Waals surface area contributed by atoms with Crippen LogP contribution in [0.1, 0.15) is 33.2 Å². The van der Waals surface area contributed by atoms with Crippen molar-refractivity contribution in [2.75, 3.05) is 20.3 Å². The van der Waals surface area contributed by atoms with Crippen LogP contribution in [0.2, 0.25) is 0 Å². The number of fused-ring (bicyclic) bond motifs is 1. The molecule has 7 heteroatoms. The molecule has 1 aliphatic heterocycles. The van der Waals surface area contributed by atoms with Gasteiger partial charge in [-0.05, 0) is 36.2 Å². The molecule has 26 heavy (non-hydrogen) atoms. The van der Waals surface area contributed by atoms with E-state index in [1.54, 1.807) is 18.2 Å². The smallest absolute Gasteiger partial charge is 0.269 e. The number of ether oxygens (including phenoxy) is 3. The van der Waals surface area contributed by atoms with Gasteiger partial charge in [-0.1, -0.05) is 19.1 Å². The van der Waals surface area contributed by atoms with Gasteiger partial charge < -0.3 is 14.2 Å². The molecule has 0 saturated carbocycles. The quantitative estimate of drug-likeness (QED) is 0.820. The van der Waals surface area contributed by atoms with Crippen LogP contribution in [-0.4, -0.2) is 32.1 Å². The van der Waals surface area contributed by atoms with Gasteiger partial charge in [0.15, 0.2) is 11.5 Å². The zero-order chi connectivity index (χ0) is 18.5. The number of hydrogen-bond acceptors (Lipinski definition) is 5. The first-order valence-corrected chi connectivity index (χ1v) is 8.29. The largest absolute Gasteiger partial charge is 0.493 e. The van der Waals surface area contributed by atoms with Crippen LogP contribution >= 0.6 is 0 Å². The summed E-state index contributed by atoms with van der Waals surface area (Å²) < 4.78 is 16.3. The number of amides is 2. The average molecular weight is 356 g/mol. The van der Waals surface area contributed by atoms with Crippen molar-refractivity contribution >= 4 is 11.8 Å². The van der Waals surface area contributed by atoms with Crippen molar-refractivity contribution in [1.82, 2.24) is 10.9 Å². The Morgan fingerprint density at radius 3 is 2.31 bits per heavy atom. The molecule has 0 fully saturated rings. The lowest BCUT2D eigenvalue weighted by Gasteiger charge is -2.21. The third-order valence-corrected chi connectivity index (χ3v) is 4.00. The van der Waals surface area contributed by atoms with Crippen molar-refractivity contribution in [3.8, 4) is 17.2 Å². The monoisotopic (exact) mass is 356 g/mol. The number of hydrazine groups is 1. The lowest BCUT2D eigenvalue weighted by Crippen LogP contribution is -2.41. The molecule has 7 nitrogen and oxygen atoms in total. The van der Waals surface area contributed by atoms with Gasteiger partial charge in [0.25, 0.3) is 11.8 Å². The number of rotatable bonds is 4. The normalized spacial score (nSPS) is 12.2. The number of nitrogens with one attached hydrogen (secondary N) is 2. The van der Waals surface area contributed by atoms with Gasteiger partial charge in [0.1, 0.15) is 13.2 Å². The second-order valence-electron chi connectivity index (χ2n) is 5.66. The van der Waals surface area contributed by atoms with E-state index in [1.807, 2.05) is 19.1 Å². The highest BCUT2D eigenvalue weighted by molar-refractivity contribution is 5.99. The van der Waals surface area contributed by atoms with Gasteiger partial charge in [-0.25, -0.2) is 0 Å². The number of carbonyl (C=O) groups excluding carboxylic acids is 2. The molecule has 2 amide bonds. The topological polar surface area (TPSA) is 85.9 Å². The van der Waals surface area contributed by atoms with Gasteiger partial charge in [0, 0.05) is 11.1 Å². The van der Waals surface area contributed by atoms with E-state index in [0.29, 0.717) is 36.0 Å². The van der Waals surface area contributed by atoms with E-state index < -0.39 is 11.8 Å². The molecule has 1 heterocycles. The molecule has 136 valence electrons. The Kier molecular flexibility index (Phi) is 5.26. The van der Waals surface area contributed by atoms with Crippen molar-refractivity contribution in [3.05, 3.63) is 53.1 Å². The van der Waals surface area contributed by atoms with Gasteiger partial charge in [-0.2, -0.15) is 0 Å². The summed E-state index contributed by atoms with van der Waals surface area (Å²) in [6.45, 7) is 2.85. The first-order valence-electron chi connectivity index (χ1n) is 8.29. The zero-order valence-corrected chi connectivity index (χ0v) is 14.6. The number of hydrogen-bond donors (Lipinski definition) is 2. The SMILES string of the molecule is CCc1ccc(C(=O)NNC(=O)c2cc(OC)c3c(c2)OCCO3)cc1. The van der Waals surface area contributed by atoms with Crippen LogP contribution in [0.5, 0.6) is 17.2 Å². The predicted molar refractivity (Wildman–Crippen MR) is 94.7 cm³/mol. The highest BCUT2D eigenvalue weighted by Gasteiger charge is 2.21. The van der Waals surface area contributed by atoms with Crippen LogP contribution in [0.25, 0.3) is 0 Å². The van der Waals surface area contributed by atoms with Crippen LogP contribution in [-0.2, 0) is 6.42 Å². The maximum Gasteiger partial charge on any atom is 0.269 e. The van der Waals surface area contributed by atoms with Crippen LogP contribution in [0.3, 0.4) is 0 Å². The molecular weight excluding hydrogens is 336 g/mol. The van der Waals surface area contributed by atoms with E-state index >= 15 is 0 Å². The molecule has 0 unspecified atom stereocenters. The van der Waals surface area contributed by atoms with E-state index in [0.717, 1.165) is 12.0 Å². The van der Waals surface area contributed by atoms with Gasteiger partial charge in [0.2, 0.25) is 5.75 Å². The molecule has 0 bridgehead atoms. The molecule has 0 saturated heterocycles. The molecule has 2 N–H and O–H groups in total. The van der Waals surface area contributed by atoms with Crippen LogP contribution < -0.4 is 25.1 Å². The highest BCUT2D eigenvalue weighted by atomic mass is 16.6. The molecule has 1 aliphatic rings. The van der Waals surface area contributed by atoms with Crippen molar-refractivity contribution in [1.29, 1.82) is 0 Å². The van der Waals surface area contributed by atoms with Crippen molar-refractivity contribution < 1.29 is 23.8 Å². The lowest BCUT2D eigenvalue weighted by atomic mass is 10.1. The van der Waals surface area contributed by atoms with Gasteiger partial charge >= 0.3 is 0 Å². The molecule has 0 radical (unpaired) electrons. The number of aryl methyl sites for hydroxylation is 1. The Morgan fingerprint density at radius 1 is 1.00 bits per heavy atom. The van der Waals surface area contributed by atoms with Crippen molar-refractivity contribution in [2.24, 2.45) is 0 Å². The minimum absolute atomic E-state index is 0.285. The first kappa shape index (κ1) is 17.6. The Morgan fingerprint density at radius 2 is 1.65 bits per heavy atom. The fourth-order valence-corrected chi connectivity index (χ4v) is 2.55. The third-order valence-electron chi connectivity index (χ3n) is 4.00. The zero-order valence-electron chi connectivity index (χ0n) is 14.6. The first-order chi connectivity index (χ1) is 12.6. The van der Waals surface area contributed by atoms with Crippen LogP contribution in [0.4, 0.5) is 0 Å². The van der Waals surface area contributed by atoms with Crippen molar-refractivity contribution in [3.63, 3.8) is 0 Å². The molecule has 0 aromatic heterocycles. The highest BCUT2D eigenvalue weighted by Crippen LogP contribution is 2.40. The Balaban J connectivity index is 1.68. The van der Waals surface area contributed by atoms with Crippen LogP contribution in [0.15, 0.2) is 36.4 Å². The van der Waals surface area contributed by atoms with Crippen molar-refractivity contribution in [2.45, 2.75) is 13.3 Å². The summed E-state index contributed by atoms with van der Waals surface area (Å²) in [6, 6.07) is 10.3. The maximum absolute atomic E-state index is 12.4. The molecule has 2 aromatic rings. The second-order valence-corrected chi connectivity index (χ2v) is 5.66. The second kappa shape index (κ2) is 7.77. The maximum atomic E-state index is 12.4. The third kappa shape index (κ3) is 3.72. The van der Waals surface area contributed by atoms with Gasteiger partial charge in [-0.15, -0.1) is 0 Å². The molecule has 0 atom stereocenters. The van der Waals surface area contributed by atoms with Gasteiger partial charge in [0.05, 0.1) is 7.11 Å². The Labute approximate surface area is 151 Å². The molecular formula is C19H20N2O5. The van der Waals surface area contributed by atoms with E-state index in [2.05, 4.69) is 10.9 Å². The number of methoxy groups -OCH3 is 1. The number of carbonyl (C=O) groups is 2. The summed E-state index contributed by atoms with van der Waals surface area (Å²) >= 11 is 0. The summed E-state index contributed by atoms with van der Waals surface area (Å²) in [7, 11) is 1.48. The van der Waals surface area contributed by atoms with E-state index in [9.17, 15) is 9.59 Å². The van der Waals surface area contributed by atoms with E-state index in [1.165, 1.54) is 13.2 Å². The fourth-order valence-electron chi connectivity index (χ4n) is 2.55. The molecule has 0 spiro atoms. The summed E-state index contributed by atoms with van der Waals surface area (Å²) in [5.74, 6) is 0.413. The average Bonchev–Trinajstić information content (AvgIpc) is 2.70. The molecule has 2 aromatic carbocycles. The predicted octanol–water partition coefficient (Wildman–Crippen LogP) is 2.10. The number of benzene rings is 2. The molecule has 3 rings (SSSR count). The fraction of sp³-hybridized carbons (Fsp3) is 0.263. The van der Waals surface area contributed by atoms with Crippen LogP contribution in [0, 0.1) is 0 Å². The summed E-state index contributed by atoms with van der Waals surface area (Å²) in [5, 5.41) is 0. The summed E-state index contributed by atoms with van der Waals surface area (Å²) in [5.41, 5.74) is 6.67. The minimum atomic E-state index is -0.487. The summed E-state index contributed by atoms with van der Waals surface area (Å²) in [4.78, 5) is 24.5. The minimum Gasteiger partial charge on any atom is -0.493 e. The Bertz CT molecular complexity index is 800. The van der Waals surface area contributed by atoms with E-state index in [-0.39, 0.29) is 5.56 Å². The summed E-state index contributed by atoms with van der Waals surface area (Å²) in [6.07, 6.45) is 0.893. The molecule has 0 aliphatic carbocycles.